The average Bonchev–Trinajstić information content (AvgIpc) is 3.01. The van der Waals surface area contributed by atoms with Gasteiger partial charge in [0.1, 0.15) is 0 Å². The van der Waals surface area contributed by atoms with Gasteiger partial charge in [-0.1, -0.05) is 42.5 Å². The van der Waals surface area contributed by atoms with Crippen LogP contribution in [0.2, 0.25) is 0 Å². The lowest BCUT2D eigenvalue weighted by molar-refractivity contribution is 1.33. The van der Waals surface area contributed by atoms with Crippen molar-refractivity contribution in [1.82, 2.24) is 19.9 Å². The minimum Gasteiger partial charge on any atom is -0.265 e. The number of rotatable bonds is 4. The molecular weight excluding hydrogens is 464 g/mol. The van der Waals surface area contributed by atoms with Gasteiger partial charge in [0.15, 0.2) is 0 Å². The first-order valence-electron chi connectivity index (χ1n) is 12.5. The number of hydrogen-bond donors (Lipinski definition) is 0. The zero-order valence-electron chi connectivity index (χ0n) is 20.5. The monoisotopic (exact) mass is 486 g/mol. The molecule has 0 spiro atoms. The van der Waals surface area contributed by atoms with E-state index in [1.54, 1.807) is 0 Å². The topological polar surface area (TPSA) is 51.6 Å². The van der Waals surface area contributed by atoms with E-state index in [9.17, 15) is 0 Å². The van der Waals surface area contributed by atoms with E-state index in [1.807, 2.05) is 67.5 Å². The standard InChI is InChI=1S/C34H22N4/c1-2-27-7-8-32-31(13-19-38-34(32)33(27)37-14-1)26-5-3-23(4-6-26)28-20-29(24-9-15-35-16-10-24)22-30(21-28)25-11-17-36-18-12-25/h1-22H. The van der Waals surface area contributed by atoms with Gasteiger partial charge in [0.05, 0.1) is 11.0 Å². The molecule has 0 bridgehead atoms. The molecule has 3 aromatic carbocycles. The zero-order chi connectivity index (χ0) is 25.3. The second-order valence-corrected chi connectivity index (χ2v) is 9.24. The second kappa shape index (κ2) is 9.34. The van der Waals surface area contributed by atoms with Gasteiger partial charge in [-0.15, -0.1) is 0 Å². The smallest absolute Gasteiger partial charge is 0.0970 e. The van der Waals surface area contributed by atoms with E-state index in [-0.39, 0.29) is 0 Å². The molecule has 7 rings (SSSR count). The number of pyridine rings is 4. The summed E-state index contributed by atoms with van der Waals surface area (Å²) >= 11 is 0. The molecule has 0 fully saturated rings. The maximum Gasteiger partial charge on any atom is 0.0970 e. The Morgan fingerprint density at radius 2 is 0.921 bits per heavy atom. The fourth-order valence-corrected chi connectivity index (χ4v) is 5.06. The molecule has 4 nitrogen and oxygen atoms in total. The van der Waals surface area contributed by atoms with Crippen molar-refractivity contribution < 1.29 is 0 Å². The van der Waals surface area contributed by atoms with Crippen LogP contribution >= 0.6 is 0 Å². The highest BCUT2D eigenvalue weighted by Gasteiger charge is 2.11. The third-order valence-corrected chi connectivity index (χ3v) is 6.97. The third-order valence-electron chi connectivity index (χ3n) is 6.97. The highest BCUT2D eigenvalue weighted by molar-refractivity contribution is 6.08. The van der Waals surface area contributed by atoms with Crippen molar-refractivity contribution in [2.24, 2.45) is 0 Å². The van der Waals surface area contributed by atoms with Crippen LogP contribution in [0.1, 0.15) is 0 Å². The van der Waals surface area contributed by atoms with Crippen LogP contribution in [-0.4, -0.2) is 19.9 Å². The lowest BCUT2D eigenvalue weighted by atomic mass is 9.93. The average molecular weight is 487 g/mol. The van der Waals surface area contributed by atoms with E-state index in [0.29, 0.717) is 0 Å². The maximum atomic E-state index is 4.67. The summed E-state index contributed by atoms with van der Waals surface area (Å²) in [5, 5.41) is 2.20. The molecule has 0 amide bonds. The van der Waals surface area contributed by atoms with Gasteiger partial charge in [0.2, 0.25) is 0 Å². The number of nitrogens with zero attached hydrogens (tertiary/aromatic N) is 4. The van der Waals surface area contributed by atoms with Crippen molar-refractivity contribution in [3.8, 4) is 44.5 Å². The second-order valence-electron chi connectivity index (χ2n) is 9.24. The Bertz CT molecular complexity index is 1840. The third kappa shape index (κ3) is 3.98. The molecule has 4 aromatic heterocycles. The van der Waals surface area contributed by atoms with E-state index in [4.69, 9.17) is 0 Å². The van der Waals surface area contributed by atoms with Crippen LogP contribution in [0.25, 0.3) is 66.3 Å². The summed E-state index contributed by atoms with van der Waals surface area (Å²) in [6.45, 7) is 0. The summed E-state index contributed by atoms with van der Waals surface area (Å²) in [7, 11) is 0. The van der Waals surface area contributed by atoms with E-state index in [2.05, 4.69) is 86.7 Å². The van der Waals surface area contributed by atoms with Crippen LogP contribution in [0.15, 0.2) is 134 Å². The molecule has 4 heteroatoms. The van der Waals surface area contributed by atoms with Crippen molar-refractivity contribution in [3.63, 3.8) is 0 Å². The van der Waals surface area contributed by atoms with Crippen LogP contribution in [0, 0.1) is 0 Å². The highest BCUT2D eigenvalue weighted by atomic mass is 14.7. The maximum absolute atomic E-state index is 4.67. The van der Waals surface area contributed by atoms with Crippen molar-refractivity contribution >= 4 is 21.8 Å². The summed E-state index contributed by atoms with van der Waals surface area (Å²) in [6, 6.07) is 34.1. The predicted octanol–water partition coefficient (Wildman–Crippen LogP) is 8.24. The van der Waals surface area contributed by atoms with E-state index >= 15 is 0 Å². The normalized spacial score (nSPS) is 11.2. The Morgan fingerprint density at radius 3 is 1.55 bits per heavy atom. The Hall–Kier alpha value is -5.22. The number of aromatic nitrogens is 4. The largest absolute Gasteiger partial charge is 0.265 e. The molecule has 178 valence electrons. The fourth-order valence-electron chi connectivity index (χ4n) is 5.06. The van der Waals surface area contributed by atoms with Gasteiger partial charge in [0.25, 0.3) is 0 Å². The highest BCUT2D eigenvalue weighted by Crippen LogP contribution is 2.35. The summed E-state index contributed by atoms with van der Waals surface area (Å²) in [4.78, 5) is 17.6. The molecular formula is C34H22N4. The SMILES string of the molecule is c1cnc2c(c1)ccc1c(-c3ccc(-c4cc(-c5ccncc5)cc(-c5ccncc5)c4)cc3)ccnc12. The van der Waals surface area contributed by atoms with Crippen LogP contribution in [0.3, 0.4) is 0 Å². The Balaban J connectivity index is 1.33. The van der Waals surface area contributed by atoms with Gasteiger partial charge in [-0.25, -0.2) is 0 Å². The molecule has 0 aliphatic heterocycles. The minimum atomic E-state index is 0.928. The zero-order valence-corrected chi connectivity index (χ0v) is 20.5. The van der Waals surface area contributed by atoms with Crippen molar-refractivity contribution in [3.05, 3.63) is 134 Å². The predicted molar refractivity (Wildman–Crippen MR) is 154 cm³/mol. The van der Waals surface area contributed by atoms with Gasteiger partial charge < -0.3 is 0 Å². The first kappa shape index (κ1) is 22.0. The fraction of sp³-hybridized carbons (Fsp3) is 0. The molecule has 0 aliphatic rings. The van der Waals surface area contributed by atoms with Crippen LogP contribution in [0.4, 0.5) is 0 Å². The summed E-state index contributed by atoms with van der Waals surface area (Å²) in [6.07, 6.45) is 11.0. The molecule has 7 aromatic rings. The molecule has 0 unspecified atom stereocenters. The number of benzene rings is 3. The molecule has 0 aliphatic carbocycles. The quantitative estimate of drug-likeness (QED) is 0.235. The Kier molecular flexibility index (Phi) is 5.41. The van der Waals surface area contributed by atoms with Crippen LogP contribution in [0.5, 0.6) is 0 Å². The Morgan fingerprint density at radius 1 is 0.368 bits per heavy atom. The van der Waals surface area contributed by atoms with Gasteiger partial charge in [-0.3, -0.25) is 19.9 Å². The number of hydrogen-bond acceptors (Lipinski definition) is 4. The lowest BCUT2D eigenvalue weighted by Gasteiger charge is -2.12. The summed E-state index contributed by atoms with van der Waals surface area (Å²) in [5.74, 6) is 0. The molecule has 4 heterocycles. The summed E-state index contributed by atoms with van der Waals surface area (Å²) in [5.41, 5.74) is 11.1. The van der Waals surface area contributed by atoms with Crippen molar-refractivity contribution in [2.75, 3.05) is 0 Å². The lowest BCUT2D eigenvalue weighted by Crippen LogP contribution is -1.89. The molecule has 0 N–H and O–H groups in total. The van der Waals surface area contributed by atoms with E-state index in [1.165, 1.54) is 0 Å². The van der Waals surface area contributed by atoms with Gasteiger partial charge in [0, 0.05) is 48.0 Å². The molecule has 0 saturated carbocycles. The van der Waals surface area contributed by atoms with E-state index in [0.717, 1.165) is 66.3 Å². The van der Waals surface area contributed by atoms with Crippen LogP contribution in [-0.2, 0) is 0 Å². The van der Waals surface area contributed by atoms with Crippen molar-refractivity contribution in [1.29, 1.82) is 0 Å². The first-order valence-corrected chi connectivity index (χ1v) is 12.5. The number of fused-ring (bicyclic) bond motifs is 3. The molecule has 0 radical (unpaired) electrons. The van der Waals surface area contributed by atoms with Gasteiger partial charge in [-0.05, 0) is 99.1 Å². The molecule has 38 heavy (non-hydrogen) atoms. The minimum absolute atomic E-state index is 0.928. The van der Waals surface area contributed by atoms with Crippen LogP contribution < -0.4 is 0 Å². The first-order chi connectivity index (χ1) is 18.8. The van der Waals surface area contributed by atoms with E-state index < -0.39 is 0 Å². The summed E-state index contributed by atoms with van der Waals surface area (Å²) < 4.78 is 0. The Labute approximate surface area is 220 Å². The molecule has 0 saturated heterocycles. The van der Waals surface area contributed by atoms with Crippen molar-refractivity contribution in [2.45, 2.75) is 0 Å². The van der Waals surface area contributed by atoms with Gasteiger partial charge >= 0.3 is 0 Å². The van der Waals surface area contributed by atoms with Gasteiger partial charge in [-0.2, -0.15) is 0 Å². The molecule has 0 atom stereocenters.